The number of carbonyl (C=O) groups is 2. The quantitative estimate of drug-likeness (QED) is 0.264. The van der Waals surface area contributed by atoms with Gasteiger partial charge in [0.25, 0.3) is 5.91 Å². The number of benzene rings is 2. The van der Waals surface area contributed by atoms with E-state index in [0.717, 1.165) is 16.8 Å². The van der Waals surface area contributed by atoms with Gasteiger partial charge in [-0.2, -0.15) is 11.3 Å². The van der Waals surface area contributed by atoms with Crippen LogP contribution in [0.2, 0.25) is 0 Å². The van der Waals surface area contributed by atoms with Crippen molar-refractivity contribution in [2.75, 3.05) is 19.4 Å². The summed E-state index contributed by atoms with van der Waals surface area (Å²) in [5.74, 6) is -0.0382. The van der Waals surface area contributed by atoms with Crippen LogP contribution >= 0.6 is 23.1 Å². The molecule has 0 unspecified atom stereocenters. The van der Waals surface area contributed by atoms with E-state index in [1.807, 2.05) is 82.1 Å². The highest BCUT2D eigenvalue weighted by atomic mass is 32.2. The third-order valence-electron chi connectivity index (χ3n) is 4.78. The van der Waals surface area contributed by atoms with Crippen molar-refractivity contribution in [2.24, 2.45) is 0 Å². The van der Waals surface area contributed by atoms with Gasteiger partial charge in [0.2, 0.25) is 0 Å². The average molecular weight is 479 g/mol. The molecule has 0 aliphatic heterocycles. The molecule has 1 amide bonds. The van der Waals surface area contributed by atoms with Crippen LogP contribution in [0.4, 0.5) is 0 Å². The minimum Gasteiger partial charge on any atom is -0.455 e. The number of thiophene rings is 1. The Morgan fingerprint density at radius 3 is 2.45 bits per heavy atom. The van der Waals surface area contributed by atoms with Crippen LogP contribution in [0, 0.1) is 0 Å². The van der Waals surface area contributed by atoms with E-state index in [9.17, 15) is 9.59 Å². The summed E-state index contributed by atoms with van der Waals surface area (Å²) in [6, 6.07) is 21.4. The Labute approximate surface area is 200 Å². The highest BCUT2D eigenvalue weighted by molar-refractivity contribution is 7.99. The van der Waals surface area contributed by atoms with Gasteiger partial charge in [-0.1, -0.05) is 60.3 Å². The first-order valence-electron chi connectivity index (χ1n) is 10.2. The zero-order chi connectivity index (χ0) is 23.0. The Morgan fingerprint density at radius 1 is 1.03 bits per heavy atom. The van der Waals surface area contributed by atoms with Gasteiger partial charge in [0, 0.05) is 24.8 Å². The summed E-state index contributed by atoms with van der Waals surface area (Å²) in [6.45, 7) is 0.192. The third-order valence-corrected chi connectivity index (χ3v) is 6.42. The molecule has 2 aromatic carbocycles. The lowest BCUT2D eigenvalue weighted by atomic mass is 10.2. The Morgan fingerprint density at radius 2 is 1.76 bits per heavy atom. The molecule has 168 valence electrons. The lowest BCUT2D eigenvalue weighted by Gasteiger charge is -2.16. The molecular formula is C24H22N4O3S2. The van der Waals surface area contributed by atoms with Gasteiger partial charge in [0.15, 0.2) is 17.6 Å². The number of rotatable bonds is 9. The van der Waals surface area contributed by atoms with E-state index in [1.54, 1.807) is 23.3 Å². The van der Waals surface area contributed by atoms with Gasteiger partial charge in [0.1, 0.15) is 0 Å². The summed E-state index contributed by atoms with van der Waals surface area (Å²) >= 11 is 2.80. The maximum absolute atomic E-state index is 12.3. The summed E-state index contributed by atoms with van der Waals surface area (Å²) in [5, 5.41) is 13.2. The summed E-state index contributed by atoms with van der Waals surface area (Å²) < 4.78 is 7.11. The summed E-state index contributed by atoms with van der Waals surface area (Å²) in [4.78, 5) is 26.1. The summed E-state index contributed by atoms with van der Waals surface area (Å²) in [6.07, 6.45) is 0. The van der Waals surface area contributed by atoms with Crippen LogP contribution in [0.15, 0.2) is 82.6 Å². The molecule has 0 fully saturated rings. The lowest BCUT2D eigenvalue weighted by molar-refractivity contribution is -0.149. The first-order valence-corrected chi connectivity index (χ1v) is 12.1. The van der Waals surface area contributed by atoms with Crippen LogP contribution < -0.4 is 0 Å². The first kappa shape index (κ1) is 22.8. The Bertz CT molecular complexity index is 1200. The smallest absolute Gasteiger partial charge is 0.316 e. The molecular weight excluding hydrogens is 456 g/mol. The normalized spacial score (nSPS) is 10.7. The zero-order valence-electron chi connectivity index (χ0n) is 18.0. The van der Waals surface area contributed by atoms with E-state index in [1.165, 1.54) is 11.8 Å². The van der Waals surface area contributed by atoms with E-state index >= 15 is 0 Å². The predicted molar refractivity (Wildman–Crippen MR) is 129 cm³/mol. The second kappa shape index (κ2) is 10.9. The van der Waals surface area contributed by atoms with Crippen LogP contribution in [-0.4, -0.2) is 50.9 Å². The van der Waals surface area contributed by atoms with Crippen molar-refractivity contribution >= 4 is 35.0 Å². The van der Waals surface area contributed by atoms with E-state index in [4.69, 9.17) is 4.74 Å². The number of ether oxygens (including phenoxy) is 1. The molecule has 0 saturated carbocycles. The highest BCUT2D eigenvalue weighted by Crippen LogP contribution is 2.27. The van der Waals surface area contributed by atoms with Crippen LogP contribution in [0.25, 0.3) is 17.1 Å². The minimum absolute atomic E-state index is 0.0152. The van der Waals surface area contributed by atoms with Gasteiger partial charge in [-0.05, 0) is 34.5 Å². The van der Waals surface area contributed by atoms with Crippen molar-refractivity contribution in [1.29, 1.82) is 0 Å². The first-order chi connectivity index (χ1) is 16.1. The summed E-state index contributed by atoms with van der Waals surface area (Å²) in [5.41, 5.74) is 2.86. The van der Waals surface area contributed by atoms with Gasteiger partial charge in [-0.25, -0.2) is 0 Å². The maximum atomic E-state index is 12.3. The summed E-state index contributed by atoms with van der Waals surface area (Å²) in [7, 11) is 1.69. The fourth-order valence-electron chi connectivity index (χ4n) is 3.11. The largest absolute Gasteiger partial charge is 0.455 e. The number of para-hydroxylation sites is 1. The number of carbonyl (C=O) groups excluding carboxylic acids is 2. The average Bonchev–Trinajstić information content (AvgIpc) is 3.52. The molecule has 0 saturated heterocycles. The molecule has 0 bridgehead atoms. The van der Waals surface area contributed by atoms with Crippen LogP contribution in [0.3, 0.4) is 0 Å². The third kappa shape index (κ3) is 5.88. The molecule has 2 heterocycles. The Hall–Kier alpha value is -3.43. The van der Waals surface area contributed by atoms with Crippen LogP contribution in [-0.2, 0) is 20.9 Å². The molecule has 4 rings (SSSR count). The number of hydrogen-bond acceptors (Lipinski definition) is 7. The molecule has 0 atom stereocenters. The molecule has 0 N–H and O–H groups in total. The Balaban J connectivity index is 1.39. The molecule has 4 aromatic rings. The van der Waals surface area contributed by atoms with E-state index in [0.29, 0.717) is 17.5 Å². The fraction of sp³-hybridized carbons (Fsp3) is 0.167. The topological polar surface area (TPSA) is 77.3 Å². The second-order valence-corrected chi connectivity index (χ2v) is 8.90. The predicted octanol–water partition coefficient (Wildman–Crippen LogP) is 4.29. The Kier molecular flexibility index (Phi) is 7.54. The standard InChI is InChI=1S/C24H22N4O3S2/c1-27(14-18-12-13-32-16-18)21(29)15-31-22(30)17-33-24-26-25-23(19-8-4-2-5-9-19)28(24)20-10-6-3-7-11-20/h2-13,16H,14-15,17H2,1H3. The van der Waals surface area contributed by atoms with Crippen molar-refractivity contribution in [2.45, 2.75) is 11.7 Å². The molecule has 0 radical (unpaired) electrons. The molecule has 2 aromatic heterocycles. The van der Waals surface area contributed by atoms with Gasteiger partial charge < -0.3 is 9.64 Å². The highest BCUT2D eigenvalue weighted by Gasteiger charge is 2.18. The number of nitrogens with zero attached hydrogens (tertiary/aromatic N) is 4. The monoisotopic (exact) mass is 478 g/mol. The minimum atomic E-state index is -0.485. The fourth-order valence-corrected chi connectivity index (χ4v) is 4.52. The number of hydrogen-bond donors (Lipinski definition) is 0. The number of likely N-dealkylation sites (N-methyl/N-ethyl adjacent to an activating group) is 1. The molecule has 0 aliphatic carbocycles. The molecule has 7 nitrogen and oxygen atoms in total. The van der Waals surface area contributed by atoms with Gasteiger partial charge in [-0.3, -0.25) is 14.2 Å². The van der Waals surface area contributed by atoms with Crippen LogP contribution in [0.1, 0.15) is 5.56 Å². The van der Waals surface area contributed by atoms with Crippen molar-refractivity contribution in [3.63, 3.8) is 0 Å². The van der Waals surface area contributed by atoms with Crippen molar-refractivity contribution < 1.29 is 14.3 Å². The van der Waals surface area contributed by atoms with Gasteiger partial charge in [-0.15, -0.1) is 10.2 Å². The second-order valence-electron chi connectivity index (χ2n) is 7.17. The zero-order valence-corrected chi connectivity index (χ0v) is 19.6. The van der Waals surface area contributed by atoms with Crippen molar-refractivity contribution in [3.05, 3.63) is 83.1 Å². The lowest BCUT2D eigenvalue weighted by Crippen LogP contribution is -2.31. The molecule has 9 heteroatoms. The number of thioether (sulfide) groups is 1. The van der Waals surface area contributed by atoms with Crippen molar-refractivity contribution in [1.82, 2.24) is 19.7 Å². The van der Waals surface area contributed by atoms with Crippen LogP contribution in [0.5, 0.6) is 0 Å². The van der Waals surface area contributed by atoms with E-state index in [-0.39, 0.29) is 18.3 Å². The maximum Gasteiger partial charge on any atom is 0.316 e. The van der Waals surface area contributed by atoms with E-state index < -0.39 is 5.97 Å². The molecule has 0 spiro atoms. The SMILES string of the molecule is CN(Cc1ccsc1)C(=O)COC(=O)CSc1nnc(-c2ccccc2)n1-c1ccccc1. The number of esters is 1. The van der Waals surface area contributed by atoms with Crippen molar-refractivity contribution in [3.8, 4) is 17.1 Å². The number of amides is 1. The molecule has 33 heavy (non-hydrogen) atoms. The molecule has 0 aliphatic rings. The van der Waals surface area contributed by atoms with E-state index in [2.05, 4.69) is 10.2 Å². The number of aromatic nitrogens is 3. The van der Waals surface area contributed by atoms with Gasteiger partial charge in [0.05, 0.1) is 5.75 Å². The van der Waals surface area contributed by atoms with Gasteiger partial charge >= 0.3 is 5.97 Å².